The van der Waals surface area contributed by atoms with Crippen molar-refractivity contribution in [2.45, 2.75) is 33.2 Å². The SMILES string of the molecule is CCOc1cc(/C=C2/SC(=O)N([C@H](C)CC)C2=O)cc(Br)c1OCC(=O)OC. The van der Waals surface area contributed by atoms with Crippen molar-refractivity contribution in [3.05, 3.63) is 27.1 Å². The molecule has 0 bridgehead atoms. The highest BCUT2D eigenvalue weighted by atomic mass is 79.9. The molecular weight excluding hydrogens is 450 g/mol. The largest absolute Gasteiger partial charge is 0.490 e. The highest BCUT2D eigenvalue weighted by Gasteiger charge is 2.37. The van der Waals surface area contributed by atoms with Gasteiger partial charge in [-0.05, 0) is 71.7 Å². The van der Waals surface area contributed by atoms with E-state index in [4.69, 9.17) is 9.47 Å². The first-order valence-electron chi connectivity index (χ1n) is 8.75. The predicted octanol–water partition coefficient (Wildman–Crippen LogP) is 4.23. The Kier molecular flexibility index (Phi) is 7.94. The van der Waals surface area contributed by atoms with Crippen LogP contribution < -0.4 is 9.47 Å². The zero-order chi connectivity index (χ0) is 20.8. The number of imide groups is 1. The maximum atomic E-state index is 12.6. The molecule has 152 valence electrons. The lowest BCUT2D eigenvalue weighted by Crippen LogP contribution is -2.36. The third-order valence-electron chi connectivity index (χ3n) is 4.05. The second kappa shape index (κ2) is 9.97. The van der Waals surface area contributed by atoms with Crippen LogP contribution in [0, 0.1) is 0 Å². The quantitative estimate of drug-likeness (QED) is 0.414. The molecule has 0 spiro atoms. The minimum Gasteiger partial charge on any atom is -0.490 e. The van der Waals surface area contributed by atoms with Crippen LogP contribution in [0.5, 0.6) is 11.5 Å². The molecule has 0 saturated carbocycles. The summed E-state index contributed by atoms with van der Waals surface area (Å²) in [7, 11) is 1.28. The van der Waals surface area contributed by atoms with Crippen LogP contribution in [0.25, 0.3) is 6.08 Å². The topological polar surface area (TPSA) is 82.1 Å². The van der Waals surface area contributed by atoms with Crippen LogP contribution in [-0.2, 0) is 14.3 Å². The van der Waals surface area contributed by atoms with E-state index in [-0.39, 0.29) is 23.8 Å². The Morgan fingerprint density at radius 2 is 2.00 bits per heavy atom. The molecule has 1 aromatic rings. The summed E-state index contributed by atoms with van der Waals surface area (Å²) < 4.78 is 16.2. The Labute approximate surface area is 176 Å². The molecule has 1 aliphatic heterocycles. The smallest absolute Gasteiger partial charge is 0.343 e. The molecule has 28 heavy (non-hydrogen) atoms. The van der Waals surface area contributed by atoms with Gasteiger partial charge in [0.15, 0.2) is 18.1 Å². The summed E-state index contributed by atoms with van der Waals surface area (Å²) in [5, 5.41) is -0.271. The first-order valence-corrected chi connectivity index (χ1v) is 10.4. The Balaban J connectivity index is 2.34. The third-order valence-corrected chi connectivity index (χ3v) is 5.52. The number of ether oxygens (including phenoxy) is 3. The summed E-state index contributed by atoms with van der Waals surface area (Å²) in [5.41, 5.74) is 0.662. The van der Waals surface area contributed by atoms with Gasteiger partial charge in [0.05, 0.1) is 23.1 Å². The van der Waals surface area contributed by atoms with Gasteiger partial charge in [0.2, 0.25) is 0 Å². The summed E-state index contributed by atoms with van der Waals surface area (Å²) >= 11 is 4.32. The lowest BCUT2D eigenvalue weighted by molar-refractivity contribution is -0.143. The maximum Gasteiger partial charge on any atom is 0.343 e. The lowest BCUT2D eigenvalue weighted by atomic mass is 10.1. The van der Waals surface area contributed by atoms with Crippen molar-refractivity contribution in [3.8, 4) is 11.5 Å². The zero-order valence-electron chi connectivity index (χ0n) is 16.1. The van der Waals surface area contributed by atoms with E-state index in [0.29, 0.717) is 39.5 Å². The number of nitrogens with zero attached hydrogens (tertiary/aromatic N) is 1. The molecule has 7 nitrogen and oxygen atoms in total. The molecule has 1 aliphatic rings. The molecule has 0 radical (unpaired) electrons. The molecule has 1 atom stereocenters. The van der Waals surface area contributed by atoms with E-state index < -0.39 is 5.97 Å². The van der Waals surface area contributed by atoms with Crippen LogP contribution in [0.2, 0.25) is 0 Å². The summed E-state index contributed by atoms with van der Waals surface area (Å²) in [4.78, 5) is 37.8. The first-order chi connectivity index (χ1) is 13.3. The number of thioether (sulfide) groups is 1. The van der Waals surface area contributed by atoms with Crippen molar-refractivity contribution in [3.63, 3.8) is 0 Å². The van der Waals surface area contributed by atoms with Gasteiger partial charge in [-0.3, -0.25) is 14.5 Å². The molecule has 0 unspecified atom stereocenters. The second-order valence-corrected chi connectivity index (χ2v) is 7.78. The van der Waals surface area contributed by atoms with Crippen molar-refractivity contribution in [1.82, 2.24) is 4.90 Å². The molecule has 0 N–H and O–H groups in total. The van der Waals surface area contributed by atoms with Gasteiger partial charge in [0.1, 0.15) is 0 Å². The van der Waals surface area contributed by atoms with Crippen LogP contribution in [-0.4, -0.2) is 48.4 Å². The minimum atomic E-state index is -0.517. The van der Waals surface area contributed by atoms with Crippen LogP contribution in [0.4, 0.5) is 4.79 Å². The van der Waals surface area contributed by atoms with Crippen LogP contribution in [0.3, 0.4) is 0 Å². The predicted molar refractivity (Wildman–Crippen MR) is 110 cm³/mol. The van der Waals surface area contributed by atoms with Gasteiger partial charge in [-0.25, -0.2) is 4.79 Å². The molecule has 1 fully saturated rings. The molecular formula is C19H22BrNO6S. The fraction of sp³-hybridized carbons (Fsp3) is 0.421. The van der Waals surface area contributed by atoms with Gasteiger partial charge in [0.25, 0.3) is 11.1 Å². The maximum absolute atomic E-state index is 12.6. The summed E-state index contributed by atoms with van der Waals surface area (Å²) in [6.45, 7) is 5.71. The number of rotatable bonds is 8. The number of benzene rings is 1. The zero-order valence-corrected chi connectivity index (χ0v) is 18.5. The average molecular weight is 472 g/mol. The average Bonchev–Trinajstić information content (AvgIpc) is 2.93. The first kappa shape index (κ1) is 22.3. The highest BCUT2D eigenvalue weighted by molar-refractivity contribution is 9.10. The molecule has 1 saturated heterocycles. The highest BCUT2D eigenvalue weighted by Crippen LogP contribution is 2.39. The van der Waals surface area contributed by atoms with E-state index in [0.717, 1.165) is 11.8 Å². The van der Waals surface area contributed by atoms with Crippen LogP contribution in [0.1, 0.15) is 32.8 Å². The van der Waals surface area contributed by atoms with Crippen molar-refractivity contribution in [2.75, 3.05) is 20.3 Å². The third kappa shape index (κ3) is 5.08. The number of amides is 2. The second-order valence-electron chi connectivity index (χ2n) is 5.94. The number of hydrogen-bond acceptors (Lipinski definition) is 7. The van der Waals surface area contributed by atoms with E-state index in [9.17, 15) is 14.4 Å². The van der Waals surface area contributed by atoms with Crippen molar-refractivity contribution in [1.29, 1.82) is 0 Å². The summed E-state index contributed by atoms with van der Waals surface area (Å²) in [5.74, 6) is -0.0492. The molecule has 9 heteroatoms. The van der Waals surface area contributed by atoms with E-state index >= 15 is 0 Å². The fourth-order valence-corrected chi connectivity index (χ4v) is 3.96. The standard InChI is InChI=1S/C19H22BrNO6S/c1-5-11(3)21-18(23)15(28-19(21)24)9-12-7-13(20)17(14(8-12)26-6-2)27-10-16(22)25-4/h7-9,11H,5-6,10H2,1-4H3/b15-9+/t11-/m1/s1. The number of carbonyl (C=O) groups excluding carboxylic acids is 3. The number of hydrogen-bond donors (Lipinski definition) is 0. The molecule has 2 rings (SSSR count). The Morgan fingerprint density at radius 3 is 2.61 bits per heavy atom. The summed E-state index contributed by atoms with van der Waals surface area (Å²) in [6.07, 6.45) is 2.34. The minimum absolute atomic E-state index is 0.154. The van der Waals surface area contributed by atoms with Gasteiger partial charge in [-0.2, -0.15) is 0 Å². The summed E-state index contributed by atoms with van der Waals surface area (Å²) in [6, 6.07) is 3.27. The van der Waals surface area contributed by atoms with E-state index in [2.05, 4.69) is 20.7 Å². The number of halogens is 1. The van der Waals surface area contributed by atoms with Gasteiger partial charge in [-0.1, -0.05) is 6.92 Å². The monoisotopic (exact) mass is 471 g/mol. The normalized spacial score (nSPS) is 16.5. The Hall–Kier alpha value is -2.00. The van der Waals surface area contributed by atoms with E-state index in [1.54, 1.807) is 18.2 Å². The van der Waals surface area contributed by atoms with Crippen molar-refractivity contribution >= 4 is 50.9 Å². The Morgan fingerprint density at radius 1 is 1.29 bits per heavy atom. The van der Waals surface area contributed by atoms with Gasteiger partial charge >= 0.3 is 5.97 Å². The molecule has 2 amide bonds. The van der Waals surface area contributed by atoms with E-state index in [1.165, 1.54) is 12.0 Å². The van der Waals surface area contributed by atoms with Gasteiger partial charge in [-0.15, -0.1) is 0 Å². The van der Waals surface area contributed by atoms with E-state index in [1.807, 2.05) is 20.8 Å². The number of carbonyl (C=O) groups is 3. The van der Waals surface area contributed by atoms with Crippen molar-refractivity contribution in [2.24, 2.45) is 0 Å². The molecule has 0 aliphatic carbocycles. The van der Waals surface area contributed by atoms with Crippen LogP contribution in [0.15, 0.2) is 21.5 Å². The number of esters is 1. The lowest BCUT2D eigenvalue weighted by Gasteiger charge is -2.19. The molecule has 1 heterocycles. The van der Waals surface area contributed by atoms with Gasteiger partial charge < -0.3 is 14.2 Å². The van der Waals surface area contributed by atoms with Crippen molar-refractivity contribution < 1.29 is 28.6 Å². The Bertz CT molecular complexity index is 810. The fourth-order valence-electron chi connectivity index (χ4n) is 2.46. The van der Waals surface area contributed by atoms with Crippen LogP contribution >= 0.6 is 27.7 Å². The molecule has 1 aromatic carbocycles. The molecule has 0 aromatic heterocycles. The van der Waals surface area contributed by atoms with Gasteiger partial charge in [0, 0.05) is 6.04 Å². The number of methoxy groups -OCH3 is 1.